The lowest BCUT2D eigenvalue weighted by atomic mass is 9.94. The van der Waals surface area contributed by atoms with E-state index in [1.54, 1.807) is 26.3 Å². The first-order valence-electron chi connectivity index (χ1n) is 8.71. The van der Waals surface area contributed by atoms with Gasteiger partial charge in [-0.2, -0.15) is 8.78 Å². The highest BCUT2D eigenvalue weighted by Gasteiger charge is 2.32. The van der Waals surface area contributed by atoms with Crippen LogP contribution < -0.4 is 20.1 Å². The molecule has 152 valence electrons. The summed E-state index contributed by atoms with van der Waals surface area (Å²) in [5.41, 5.74) is 0.223. The molecule has 1 aromatic carbocycles. The maximum absolute atomic E-state index is 12.6. The van der Waals surface area contributed by atoms with Crippen LogP contribution in [0.4, 0.5) is 8.78 Å². The minimum atomic E-state index is -2.90. The summed E-state index contributed by atoms with van der Waals surface area (Å²) < 4.78 is 46.1. The van der Waals surface area contributed by atoms with Crippen molar-refractivity contribution in [3.8, 4) is 11.5 Å². The molecular weight excluding hydrogens is 360 g/mol. The Kier molecular flexibility index (Phi) is 8.05. The molecule has 0 saturated carbocycles. The minimum absolute atomic E-state index is 0.0894. The molecule has 0 unspecified atom stereocenters. The fraction of sp³-hybridized carbons (Fsp3) is 0.611. The highest BCUT2D eigenvalue weighted by molar-refractivity contribution is 5.79. The molecule has 1 aliphatic heterocycles. The van der Waals surface area contributed by atoms with Gasteiger partial charge in [-0.15, -0.1) is 0 Å². The zero-order valence-corrected chi connectivity index (χ0v) is 15.9. The number of aliphatic imine (C=N–C) groups is 1. The molecule has 0 amide bonds. The second-order valence-corrected chi connectivity index (χ2v) is 6.13. The van der Waals surface area contributed by atoms with Gasteiger partial charge in [0.2, 0.25) is 0 Å². The summed E-state index contributed by atoms with van der Waals surface area (Å²) in [7, 11) is 4.84. The lowest BCUT2D eigenvalue weighted by Gasteiger charge is -2.36. The minimum Gasteiger partial charge on any atom is -0.497 e. The van der Waals surface area contributed by atoms with Gasteiger partial charge in [0.05, 0.1) is 12.7 Å². The quantitative estimate of drug-likeness (QED) is 0.526. The van der Waals surface area contributed by atoms with E-state index in [1.807, 2.05) is 0 Å². The monoisotopic (exact) mass is 387 g/mol. The van der Waals surface area contributed by atoms with E-state index in [-0.39, 0.29) is 17.9 Å². The molecule has 1 aliphatic rings. The van der Waals surface area contributed by atoms with Crippen LogP contribution in [0.2, 0.25) is 0 Å². The molecule has 0 radical (unpaired) electrons. The Morgan fingerprint density at radius 2 is 2.00 bits per heavy atom. The van der Waals surface area contributed by atoms with Crippen LogP contribution >= 0.6 is 0 Å². The number of methoxy groups -OCH3 is 2. The Morgan fingerprint density at radius 3 is 2.59 bits per heavy atom. The summed E-state index contributed by atoms with van der Waals surface area (Å²) in [6.45, 7) is -0.795. The smallest absolute Gasteiger partial charge is 0.387 e. The molecule has 1 fully saturated rings. The van der Waals surface area contributed by atoms with Crippen molar-refractivity contribution in [1.29, 1.82) is 0 Å². The molecule has 7 nitrogen and oxygen atoms in total. The van der Waals surface area contributed by atoms with Crippen molar-refractivity contribution in [3.63, 3.8) is 0 Å². The van der Waals surface area contributed by atoms with Crippen LogP contribution in [-0.2, 0) is 16.0 Å². The number of nitrogens with one attached hydrogen (secondary N) is 2. The van der Waals surface area contributed by atoms with Gasteiger partial charge in [-0.3, -0.25) is 4.99 Å². The van der Waals surface area contributed by atoms with Crippen molar-refractivity contribution in [3.05, 3.63) is 23.8 Å². The van der Waals surface area contributed by atoms with E-state index in [2.05, 4.69) is 20.4 Å². The zero-order valence-electron chi connectivity index (χ0n) is 15.9. The van der Waals surface area contributed by atoms with Crippen molar-refractivity contribution in [2.45, 2.75) is 31.6 Å². The van der Waals surface area contributed by atoms with Crippen molar-refractivity contribution >= 4 is 5.96 Å². The fourth-order valence-electron chi connectivity index (χ4n) is 2.87. The molecule has 9 heteroatoms. The largest absolute Gasteiger partial charge is 0.497 e. The van der Waals surface area contributed by atoms with Crippen LogP contribution in [0.15, 0.2) is 23.2 Å². The Morgan fingerprint density at radius 1 is 1.26 bits per heavy atom. The Bertz CT molecular complexity index is 623. The molecule has 1 heterocycles. The van der Waals surface area contributed by atoms with E-state index in [9.17, 15) is 8.78 Å². The van der Waals surface area contributed by atoms with Gasteiger partial charge in [0, 0.05) is 58.9 Å². The van der Waals surface area contributed by atoms with Crippen LogP contribution in [0.1, 0.15) is 18.4 Å². The number of halogens is 2. The van der Waals surface area contributed by atoms with Crippen LogP contribution in [0.25, 0.3) is 0 Å². The average molecular weight is 387 g/mol. The number of guanidine groups is 1. The van der Waals surface area contributed by atoms with Crippen LogP contribution in [0.5, 0.6) is 11.5 Å². The van der Waals surface area contributed by atoms with Gasteiger partial charge >= 0.3 is 6.61 Å². The summed E-state index contributed by atoms with van der Waals surface area (Å²) >= 11 is 0. The SMILES string of the molecule is CN=C(NCc1cc(OC)ccc1OC(F)F)NCC1(OC)CCOCC1. The first-order valence-corrected chi connectivity index (χ1v) is 8.71. The number of benzene rings is 1. The third-order valence-electron chi connectivity index (χ3n) is 4.57. The zero-order chi connectivity index (χ0) is 19.7. The number of ether oxygens (including phenoxy) is 4. The van der Waals surface area contributed by atoms with Crippen molar-refractivity contribution < 1.29 is 27.7 Å². The number of rotatable bonds is 8. The standard InChI is InChI=1S/C18H27F2N3O4/c1-21-17(23-12-18(25-3)6-8-26-9-7-18)22-11-13-10-14(24-2)4-5-15(13)27-16(19)20/h4-5,10,16H,6-9,11-12H2,1-3H3,(H2,21,22,23). The van der Waals surface area contributed by atoms with Gasteiger partial charge in [0.1, 0.15) is 11.5 Å². The van der Waals surface area contributed by atoms with Crippen LogP contribution in [0.3, 0.4) is 0 Å². The number of hydrogen-bond donors (Lipinski definition) is 2. The van der Waals surface area contributed by atoms with Crippen molar-refractivity contribution in [2.24, 2.45) is 4.99 Å². The molecule has 1 saturated heterocycles. The third kappa shape index (κ3) is 6.21. The highest BCUT2D eigenvalue weighted by atomic mass is 19.3. The summed E-state index contributed by atoms with van der Waals surface area (Å²) in [4.78, 5) is 4.17. The molecule has 0 spiro atoms. The molecule has 2 N–H and O–H groups in total. The Hall–Kier alpha value is -2.13. The van der Waals surface area contributed by atoms with E-state index in [0.29, 0.717) is 37.0 Å². The molecule has 2 rings (SSSR count). The topological polar surface area (TPSA) is 73.3 Å². The van der Waals surface area contributed by atoms with Gasteiger partial charge < -0.3 is 29.6 Å². The highest BCUT2D eigenvalue weighted by Crippen LogP contribution is 2.26. The van der Waals surface area contributed by atoms with E-state index < -0.39 is 6.61 Å². The van der Waals surface area contributed by atoms with Gasteiger partial charge in [-0.1, -0.05) is 0 Å². The van der Waals surface area contributed by atoms with E-state index in [0.717, 1.165) is 12.8 Å². The summed E-state index contributed by atoms with van der Waals surface area (Å²) in [6.07, 6.45) is 1.57. The second-order valence-electron chi connectivity index (χ2n) is 6.13. The summed E-state index contributed by atoms with van der Waals surface area (Å²) in [6, 6.07) is 4.68. The molecule has 0 bridgehead atoms. The fourth-order valence-corrected chi connectivity index (χ4v) is 2.87. The Labute approximate surface area is 158 Å². The summed E-state index contributed by atoms with van der Waals surface area (Å²) in [5, 5.41) is 6.33. The van der Waals surface area contributed by atoms with E-state index in [4.69, 9.17) is 14.2 Å². The van der Waals surface area contributed by atoms with Crippen molar-refractivity contribution in [1.82, 2.24) is 10.6 Å². The third-order valence-corrected chi connectivity index (χ3v) is 4.57. The lowest BCUT2D eigenvalue weighted by Crippen LogP contribution is -2.50. The lowest BCUT2D eigenvalue weighted by molar-refractivity contribution is -0.0855. The van der Waals surface area contributed by atoms with Crippen molar-refractivity contribution in [2.75, 3.05) is 41.0 Å². The molecule has 0 aliphatic carbocycles. The van der Waals surface area contributed by atoms with Gasteiger partial charge in [0.25, 0.3) is 0 Å². The van der Waals surface area contributed by atoms with Crippen LogP contribution in [-0.4, -0.2) is 59.2 Å². The first kappa shape index (κ1) is 21.2. The first-order chi connectivity index (χ1) is 13.0. The molecule has 1 aromatic rings. The molecule has 0 atom stereocenters. The van der Waals surface area contributed by atoms with Gasteiger partial charge in [-0.05, 0) is 18.2 Å². The maximum atomic E-state index is 12.6. The van der Waals surface area contributed by atoms with E-state index >= 15 is 0 Å². The van der Waals surface area contributed by atoms with E-state index in [1.165, 1.54) is 13.2 Å². The predicted octanol–water partition coefficient (Wildman–Crippen LogP) is 2.16. The molecular formula is C18H27F2N3O4. The normalized spacial score (nSPS) is 16.9. The molecule has 0 aromatic heterocycles. The maximum Gasteiger partial charge on any atom is 0.387 e. The van der Waals surface area contributed by atoms with Gasteiger partial charge in [0.15, 0.2) is 5.96 Å². The average Bonchev–Trinajstić information content (AvgIpc) is 2.69. The number of nitrogens with zero attached hydrogens (tertiary/aromatic N) is 1. The molecule has 27 heavy (non-hydrogen) atoms. The predicted molar refractivity (Wildman–Crippen MR) is 97.6 cm³/mol. The second kappa shape index (κ2) is 10.3. The van der Waals surface area contributed by atoms with Gasteiger partial charge in [-0.25, -0.2) is 0 Å². The number of alkyl halides is 2. The Balaban J connectivity index is 1.98. The summed E-state index contributed by atoms with van der Waals surface area (Å²) in [5.74, 6) is 1.17. The van der Waals surface area contributed by atoms with Crippen LogP contribution in [0, 0.1) is 0 Å². The number of hydrogen-bond acceptors (Lipinski definition) is 5.